The van der Waals surface area contributed by atoms with Crippen molar-refractivity contribution in [1.29, 1.82) is 0 Å². The highest BCUT2D eigenvalue weighted by Crippen LogP contribution is 2.27. The molecule has 0 saturated heterocycles. The molecule has 2 amide bonds. The van der Waals surface area contributed by atoms with E-state index in [0.29, 0.717) is 23.8 Å². The van der Waals surface area contributed by atoms with Crippen molar-refractivity contribution in [2.75, 3.05) is 19.6 Å². The number of aromatic nitrogens is 2. The molecule has 0 fully saturated rings. The normalized spacial score (nSPS) is 16.5. The van der Waals surface area contributed by atoms with Gasteiger partial charge in [-0.15, -0.1) is 0 Å². The van der Waals surface area contributed by atoms with Gasteiger partial charge in [0, 0.05) is 23.7 Å². The molecule has 0 saturated carbocycles. The number of hydrogen-bond acceptors (Lipinski definition) is 3. The lowest BCUT2D eigenvalue weighted by Gasteiger charge is -2.31. The molecule has 1 atom stereocenters. The summed E-state index contributed by atoms with van der Waals surface area (Å²) in [7, 11) is 0. The van der Waals surface area contributed by atoms with Crippen LogP contribution in [0.5, 0.6) is 0 Å². The fraction of sp³-hybridized carbons (Fsp3) is 0.421. The maximum Gasteiger partial charge on any atom is 0.272 e. The predicted octanol–water partition coefficient (Wildman–Crippen LogP) is 3.14. The zero-order chi connectivity index (χ0) is 18.7. The number of hydrogen-bond donors (Lipinski definition) is 1. The Labute approximate surface area is 158 Å². The number of amides is 2. The minimum atomic E-state index is -0.165. The van der Waals surface area contributed by atoms with Crippen LogP contribution in [0.25, 0.3) is 11.3 Å². The van der Waals surface area contributed by atoms with Crippen molar-refractivity contribution in [3.05, 3.63) is 41.0 Å². The van der Waals surface area contributed by atoms with E-state index in [1.54, 1.807) is 27.8 Å². The van der Waals surface area contributed by atoms with Crippen LogP contribution in [-0.2, 0) is 4.79 Å². The van der Waals surface area contributed by atoms with E-state index in [2.05, 4.69) is 17.3 Å². The fourth-order valence-electron chi connectivity index (χ4n) is 3.06. The van der Waals surface area contributed by atoms with Crippen LogP contribution in [0.3, 0.4) is 0 Å². The van der Waals surface area contributed by atoms with Gasteiger partial charge in [-0.1, -0.05) is 37.1 Å². The Morgan fingerprint density at radius 3 is 2.77 bits per heavy atom. The molecule has 3 rings (SSSR count). The lowest BCUT2D eigenvalue weighted by atomic mass is 10.1. The number of carbonyl (C=O) groups excluding carboxylic acids is 2. The third-order valence-corrected chi connectivity index (χ3v) is 4.72. The zero-order valence-corrected chi connectivity index (χ0v) is 15.8. The van der Waals surface area contributed by atoms with Crippen LogP contribution in [-0.4, -0.2) is 46.1 Å². The lowest BCUT2D eigenvalue weighted by molar-refractivity contribution is -0.122. The van der Waals surface area contributed by atoms with E-state index in [-0.39, 0.29) is 24.4 Å². The minimum Gasteiger partial charge on any atom is -0.355 e. The predicted molar refractivity (Wildman–Crippen MR) is 101 cm³/mol. The first-order chi connectivity index (χ1) is 12.5. The Hall–Kier alpha value is -2.34. The molecule has 2 heterocycles. The summed E-state index contributed by atoms with van der Waals surface area (Å²) in [5.74, 6) is -0.286. The topological polar surface area (TPSA) is 67.2 Å². The second-order valence-corrected chi connectivity index (χ2v) is 7.04. The highest BCUT2D eigenvalue weighted by molar-refractivity contribution is 6.30. The van der Waals surface area contributed by atoms with Crippen molar-refractivity contribution >= 4 is 23.4 Å². The molecular weight excluding hydrogens is 352 g/mol. The molecule has 0 spiro atoms. The molecule has 7 heteroatoms. The maximum absolute atomic E-state index is 12.8. The van der Waals surface area contributed by atoms with Crippen LogP contribution in [0.1, 0.15) is 43.2 Å². The van der Waals surface area contributed by atoms with E-state index in [1.165, 1.54) is 0 Å². The van der Waals surface area contributed by atoms with Crippen LogP contribution in [0.2, 0.25) is 5.02 Å². The van der Waals surface area contributed by atoms with Gasteiger partial charge in [-0.05, 0) is 31.5 Å². The molecule has 1 N–H and O–H groups in total. The van der Waals surface area contributed by atoms with E-state index < -0.39 is 0 Å². The standard InChI is InChI=1S/C19H23ClN4O2/c1-3-4-9-21-18(25)12-23-11-13(2)24-17(19(23)26)10-16(22-24)14-5-7-15(20)8-6-14/h5-8,10,13H,3-4,9,11-12H2,1-2H3,(H,21,25)/t13-/m0/s1. The highest BCUT2D eigenvalue weighted by atomic mass is 35.5. The van der Waals surface area contributed by atoms with Gasteiger partial charge in [0.1, 0.15) is 5.69 Å². The number of benzene rings is 1. The van der Waals surface area contributed by atoms with Gasteiger partial charge in [-0.3, -0.25) is 14.3 Å². The van der Waals surface area contributed by atoms with Gasteiger partial charge < -0.3 is 10.2 Å². The van der Waals surface area contributed by atoms with Crippen molar-refractivity contribution in [3.63, 3.8) is 0 Å². The molecule has 138 valence electrons. The number of nitrogens with one attached hydrogen (secondary N) is 1. The molecule has 1 aliphatic heterocycles. The average Bonchev–Trinajstić information content (AvgIpc) is 3.06. The Morgan fingerprint density at radius 2 is 2.08 bits per heavy atom. The van der Waals surface area contributed by atoms with Gasteiger partial charge in [0.05, 0.1) is 18.3 Å². The highest BCUT2D eigenvalue weighted by Gasteiger charge is 2.31. The zero-order valence-electron chi connectivity index (χ0n) is 15.0. The van der Waals surface area contributed by atoms with Crippen molar-refractivity contribution in [1.82, 2.24) is 20.0 Å². The van der Waals surface area contributed by atoms with Crippen molar-refractivity contribution < 1.29 is 9.59 Å². The molecule has 2 aromatic rings. The Bertz CT molecular complexity index is 800. The third kappa shape index (κ3) is 3.90. The molecular formula is C19H23ClN4O2. The van der Waals surface area contributed by atoms with E-state index in [9.17, 15) is 9.59 Å². The first-order valence-electron chi connectivity index (χ1n) is 8.91. The Balaban J connectivity index is 1.76. The molecule has 26 heavy (non-hydrogen) atoms. The summed E-state index contributed by atoms with van der Waals surface area (Å²) in [4.78, 5) is 26.5. The number of carbonyl (C=O) groups is 2. The first kappa shape index (κ1) is 18.5. The van der Waals surface area contributed by atoms with Crippen LogP contribution in [0.4, 0.5) is 0 Å². The summed E-state index contributed by atoms with van der Waals surface area (Å²) >= 11 is 5.94. The second kappa shape index (κ2) is 7.91. The lowest BCUT2D eigenvalue weighted by Crippen LogP contribution is -2.47. The summed E-state index contributed by atoms with van der Waals surface area (Å²) in [5, 5.41) is 8.10. The van der Waals surface area contributed by atoms with Gasteiger partial charge in [0.15, 0.2) is 0 Å². The largest absolute Gasteiger partial charge is 0.355 e. The molecule has 0 unspecified atom stereocenters. The molecule has 0 radical (unpaired) electrons. The quantitative estimate of drug-likeness (QED) is 0.790. The number of nitrogens with zero attached hydrogens (tertiary/aromatic N) is 3. The third-order valence-electron chi connectivity index (χ3n) is 4.47. The molecule has 6 nitrogen and oxygen atoms in total. The van der Waals surface area contributed by atoms with Crippen LogP contribution in [0.15, 0.2) is 30.3 Å². The second-order valence-electron chi connectivity index (χ2n) is 6.60. The van der Waals surface area contributed by atoms with E-state index in [4.69, 9.17) is 11.6 Å². The van der Waals surface area contributed by atoms with Gasteiger partial charge in [-0.2, -0.15) is 5.10 Å². The number of unbranched alkanes of at least 4 members (excludes halogenated alkanes) is 1. The van der Waals surface area contributed by atoms with Gasteiger partial charge in [0.25, 0.3) is 5.91 Å². The minimum absolute atomic E-state index is 0.00666. The average molecular weight is 375 g/mol. The van der Waals surface area contributed by atoms with Gasteiger partial charge in [-0.25, -0.2) is 0 Å². The molecule has 1 aromatic heterocycles. The Kier molecular flexibility index (Phi) is 5.61. The van der Waals surface area contributed by atoms with E-state index >= 15 is 0 Å². The molecule has 1 aromatic carbocycles. The van der Waals surface area contributed by atoms with Crippen molar-refractivity contribution in [2.45, 2.75) is 32.7 Å². The van der Waals surface area contributed by atoms with Gasteiger partial charge in [0.2, 0.25) is 5.91 Å². The SMILES string of the molecule is CCCCNC(=O)CN1C[C@H](C)n2nc(-c3ccc(Cl)cc3)cc2C1=O. The summed E-state index contributed by atoms with van der Waals surface area (Å²) in [6.45, 7) is 5.26. The van der Waals surface area contributed by atoms with E-state index in [1.807, 2.05) is 19.1 Å². The number of halogens is 1. The summed E-state index contributed by atoms with van der Waals surface area (Å²) in [6.07, 6.45) is 1.96. The molecule has 0 aliphatic carbocycles. The van der Waals surface area contributed by atoms with Crippen LogP contribution < -0.4 is 5.32 Å². The number of rotatable bonds is 6. The summed E-state index contributed by atoms with van der Waals surface area (Å²) in [6, 6.07) is 9.15. The fourth-order valence-corrected chi connectivity index (χ4v) is 3.19. The van der Waals surface area contributed by atoms with E-state index in [0.717, 1.165) is 24.1 Å². The summed E-state index contributed by atoms with van der Waals surface area (Å²) in [5.41, 5.74) is 2.14. The monoisotopic (exact) mass is 374 g/mol. The maximum atomic E-state index is 12.8. The molecule has 0 bridgehead atoms. The number of fused-ring (bicyclic) bond motifs is 1. The van der Waals surface area contributed by atoms with Crippen LogP contribution >= 0.6 is 11.6 Å². The molecule has 1 aliphatic rings. The Morgan fingerprint density at radius 1 is 1.35 bits per heavy atom. The van der Waals surface area contributed by atoms with Crippen LogP contribution in [0, 0.1) is 0 Å². The van der Waals surface area contributed by atoms with Crippen molar-refractivity contribution in [3.8, 4) is 11.3 Å². The van der Waals surface area contributed by atoms with Crippen molar-refractivity contribution in [2.24, 2.45) is 0 Å². The smallest absolute Gasteiger partial charge is 0.272 e. The first-order valence-corrected chi connectivity index (χ1v) is 9.29. The van der Waals surface area contributed by atoms with Gasteiger partial charge >= 0.3 is 0 Å². The summed E-state index contributed by atoms with van der Waals surface area (Å²) < 4.78 is 1.75.